The summed E-state index contributed by atoms with van der Waals surface area (Å²) < 4.78 is 5.19. The summed E-state index contributed by atoms with van der Waals surface area (Å²) in [4.78, 5) is 2.50. The van der Waals surface area contributed by atoms with Gasteiger partial charge in [-0.3, -0.25) is 4.90 Å². The van der Waals surface area contributed by atoms with Gasteiger partial charge in [0.05, 0.1) is 12.5 Å². The first-order valence-corrected chi connectivity index (χ1v) is 11.4. The van der Waals surface area contributed by atoms with E-state index in [1.54, 1.807) is 12.5 Å². The second kappa shape index (κ2) is 9.15. The van der Waals surface area contributed by atoms with Crippen molar-refractivity contribution in [2.45, 2.75) is 25.0 Å². The van der Waals surface area contributed by atoms with Crippen LogP contribution in [-0.4, -0.2) is 23.1 Å². The van der Waals surface area contributed by atoms with Crippen LogP contribution in [0.3, 0.4) is 0 Å². The number of piperidine rings is 1. The molecule has 0 unspecified atom stereocenters. The highest BCUT2D eigenvalue weighted by molar-refractivity contribution is 5.62. The first-order valence-electron chi connectivity index (χ1n) is 11.4. The molecule has 0 saturated carbocycles. The van der Waals surface area contributed by atoms with Gasteiger partial charge < -0.3 is 9.52 Å². The van der Waals surface area contributed by atoms with E-state index in [1.807, 2.05) is 42.5 Å². The Hall–Kier alpha value is -3.14. The van der Waals surface area contributed by atoms with Crippen LogP contribution in [0.5, 0.6) is 0 Å². The minimum atomic E-state index is -0.957. The maximum Gasteiger partial charge on any atom is 0.117 e. The topological polar surface area (TPSA) is 36.6 Å². The third-order valence-electron chi connectivity index (χ3n) is 6.82. The molecule has 0 radical (unpaired) electrons. The minimum absolute atomic E-state index is 0.187. The van der Waals surface area contributed by atoms with Gasteiger partial charge in [0, 0.05) is 12.1 Å². The maximum absolute atomic E-state index is 12.0. The van der Waals surface area contributed by atoms with Gasteiger partial charge in [-0.15, -0.1) is 0 Å². The Bertz CT molecular complexity index is 1060. The molecule has 1 aromatic heterocycles. The van der Waals surface area contributed by atoms with E-state index < -0.39 is 5.60 Å². The van der Waals surface area contributed by atoms with Gasteiger partial charge in [-0.2, -0.15) is 0 Å². The molecule has 3 nitrogen and oxygen atoms in total. The molecule has 1 saturated heterocycles. The van der Waals surface area contributed by atoms with Gasteiger partial charge in [0.25, 0.3) is 0 Å². The van der Waals surface area contributed by atoms with Gasteiger partial charge in [0.1, 0.15) is 5.60 Å². The van der Waals surface area contributed by atoms with Crippen molar-refractivity contribution in [1.82, 2.24) is 4.90 Å². The summed E-state index contributed by atoms with van der Waals surface area (Å²) in [6.45, 7) is 2.90. The Kier molecular flexibility index (Phi) is 5.93. The number of aliphatic hydroxyl groups is 1. The minimum Gasteiger partial charge on any atom is -0.472 e. The summed E-state index contributed by atoms with van der Waals surface area (Å²) in [6.07, 6.45) is 5.42. The highest BCUT2D eigenvalue weighted by Crippen LogP contribution is 2.42. The maximum atomic E-state index is 12.0. The number of likely N-dealkylation sites (tertiary alicyclic amines) is 1. The van der Waals surface area contributed by atoms with E-state index in [0.717, 1.165) is 49.2 Å². The Morgan fingerprint density at radius 1 is 0.750 bits per heavy atom. The highest BCUT2D eigenvalue weighted by atomic mass is 16.3. The van der Waals surface area contributed by atoms with Crippen LogP contribution in [0, 0.1) is 5.92 Å². The quantitative estimate of drug-likeness (QED) is 0.407. The average Bonchev–Trinajstić information content (AvgIpc) is 3.41. The summed E-state index contributed by atoms with van der Waals surface area (Å²) in [6, 6.07) is 31.0. The zero-order valence-electron chi connectivity index (χ0n) is 18.2. The number of nitrogens with zero attached hydrogens (tertiary/aromatic N) is 1. The molecule has 1 N–H and O–H groups in total. The summed E-state index contributed by atoms with van der Waals surface area (Å²) in [5, 5.41) is 12.0. The Labute approximate surface area is 189 Å². The fourth-order valence-corrected chi connectivity index (χ4v) is 5.02. The van der Waals surface area contributed by atoms with Crippen LogP contribution in [0.2, 0.25) is 0 Å². The monoisotopic (exact) mass is 423 g/mol. The molecule has 162 valence electrons. The number of hydrogen-bond donors (Lipinski definition) is 1. The second-order valence-corrected chi connectivity index (χ2v) is 8.76. The Morgan fingerprint density at radius 2 is 1.34 bits per heavy atom. The van der Waals surface area contributed by atoms with Gasteiger partial charge >= 0.3 is 0 Å². The fourth-order valence-electron chi connectivity index (χ4n) is 5.02. The summed E-state index contributed by atoms with van der Waals surface area (Å²) in [5.74, 6) is 0.187. The highest BCUT2D eigenvalue weighted by Gasteiger charge is 2.41. The smallest absolute Gasteiger partial charge is 0.117 e. The van der Waals surface area contributed by atoms with Gasteiger partial charge in [0.2, 0.25) is 0 Å². The van der Waals surface area contributed by atoms with E-state index >= 15 is 0 Å². The van der Waals surface area contributed by atoms with E-state index in [4.69, 9.17) is 4.42 Å². The molecule has 3 heteroatoms. The largest absolute Gasteiger partial charge is 0.472 e. The van der Waals surface area contributed by atoms with E-state index in [-0.39, 0.29) is 5.92 Å². The molecule has 4 aromatic rings. The molecule has 0 atom stereocenters. The van der Waals surface area contributed by atoms with Crippen molar-refractivity contribution in [2.75, 3.05) is 13.1 Å². The van der Waals surface area contributed by atoms with Gasteiger partial charge in [-0.1, -0.05) is 84.9 Å². The van der Waals surface area contributed by atoms with Crippen molar-refractivity contribution in [3.63, 3.8) is 0 Å². The lowest BCUT2D eigenvalue weighted by Gasteiger charge is -2.42. The zero-order valence-corrected chi connectivity index (χ0v) is 18.2. The number of rotatable bonds is 6. The number of hydrogen-bond acceptors (Lipinski definition) is 3. The van der Waals surface area contributed by atoms with E-state index in [0.29, 0.717) is 0 Å². The summed E-state index contributed by atoms with van der Waals surface area (Å²) in [7, 11) is 0. The zero-order chi connectivity index (χ0) is 21.8. The van der Waals surface area contributed by atoms with Crippen molar-refractivity contribution in [2.24, 2.45) is 5.92 Å². The van der Waals surface area contributed by atoms with Crippen LogP contribution in [0.25, 0.3) is 11.1 Å². The number of benzene rings is 3. The van der Waals surface area contributed by atoms with E-state index in [1.165, 1.54) is 11.1 Å². The second-order valence-electron chi connectivity index (χ2n) is 8.76. The van der Waals surface area contributed by atoms with Gasteiger partial charge in [0.15, 0.2) is 0 Å². The van der Waals surface area contributed by atoms with Crippen molar-refractivity contribution >= 4 is 0 Å². The van der Waals surface area contributed by atoms with Crippen molar-refractivity contribution < 1.29 is 9.52 Å². The van der Waals surface area contributed by atoms with Crippen LogP contribution in [-0.2, 0) is 12.1 Å². The third kappa shape index (κ3) is 4.14. The lowest BCUT2D eigenvalue weighted by molar-refractivity contribution is -0.0152. The van der Waals surface area contributed by atoms with E-state index in [2.05, 4.69) is 53.4 Å². The lowest BCUT2D eigenvalue weighted by Crippen LogP contribution is -2.44. The van der Waals surface area contributed by atoms with Crippen molar-refractivity contribution in [3.8, 4) is 11.1 Å². The molecule has 3 aromatic carbocycles. The van der Waals surface area contributed by atoms with Crippen molar-refractivity contribution in [3.05, 3.63) is 120 Å². The first-order chi connectivity index (χ1) is 15.7. The fraction of sp³-hybridized carbons (Fsp3) is 0.241. The molecule has 1 fully saturated rings. The summed E-state index contributed by atoms with van der Waals surface area (Å²) in [5.41, 5.74) is 4.62. The van der Waals surface area contributed by atoms with Crippen LogP contribution >= 0.6 is 0 Å². The predicted octanol–water partition coefficient (Wildman–Crippen LogP) is 6.09. The van der Waals surface area contributed by atoms with Crippen LogP contribution < -0.4 is 0 Å². The van der Waals surface area contributed by atoms with Crippen LogP contribution in [0.1, 0.15) is 29.5 Å². The first kappa shape index (κ1) is 20.7. The molecule has 1 aliphatic heterocycles. The average molecular weight is 424 g/mol. The molecular formula is C29H29NO2. The van der Waals surface area contributed by atoms with Crippen molar-refractivity contribution in [1.29, 1.82) is 0 Å². The molecule has 0 spiro atoms. The number of furan rings is 1. The van der Waals surface area contributed by atoms with E-state index in [9.17, 15) is 5.11 Å². The molecule has 2 heterocycles. The van der Waals surface area contributed by atoms with Gasteiger partial charge in [-0.25, -0.2) is 0 Å². The molecular weight excluding hydrogens is 394 g/mol. The normalized spacial score (nSPS) is 15.7. The molecule has 1 aliphatic rings. The third-order valence-corrected chi connectivity index (χ3v) is 6.82. The SMILES string of the molecule is OC(c1ccccc1)(c1ccccc1)C1CCN(Cc2ccc(-c3ccoc3)cc2)CC1. The molecule has 0 aliphatic carbocycles. The standard InChI is InChI=1S/C29H29NO2/c31-29(26-7-3-1-4-8-26,27-9-5-2-6-10-27)28-15-18-30(19-16-28)21-23-11-13-24(14-12-23)25-17-20-32-22-25/h1-14,17,20,22,28,31H,15-16,18-19,21H2. The Morgan fingerprint density at radius 3 is 1.88 bits per heavy atom. The molecule has 0 bridgehead atoms. The lowest BCUT2D eigenvalue weighted by atomic mass is 9.72. The van der Waals surface area contributed by atoms with Crippen LogP contribution in [0.4, 0.5) is 0 Å². The molecule has 5 rings (SSSR count). The molecule has 32 heavy (non-hydrogen) atoms. The van der Waals surface area contributed by atoms with Gasteiger partial charge in [-0.05, 0) is 60.2 Å². The summed E-state index contributed by atoms with van der Waals surface area (Å²) >= 11 is 0. The van der Waals surface area contributed by atoms with Crippen LogP contribution in [0.15, 0.2) is 108 Å². The molecule has 0 amide bonds. The predicted molar refractivity (Wildman–Crippen MR) is 128 cm³/mol. The Balaban J connectivity index is 1.28.